The van der Waals surface area contributed by atoms with Crippen molar-refractivity contribution in [2.24, 2.45) is 0 Å². The standard InChI is InChI=1S/C8H11BrN2.ClH/c1-2-10-5-7-3-4-8(9)11-6-7;/h3-4,6,10H,2,5H2,1H3;1H. The van der Waals surface area contributed by atoms with Gasteiger partial charge in [0.05, 0.1) is 0 Å². The van der Waals surface area contributed by atoms with Gasteiger partial charge in [-0.25, -0.2) is 4.98 Å². The Hall–Kier alpha value is -0.120. The molecule has 0 saturated heterocycles. The maximum absolute atomic E-state index is 4.11. The molecule has 2 nitrogen and oxygen atoms in total. The highest BCUT2D eigenvalue weighted by Crippen LogP contribution is 2.05. The van der Waals surface area contributed by atoms with Gasteiger partial charge in [0.1, 0.15) is 4.60 Å². The molecular formula is C8H12BrClN2. The lowest BCUT2D eigenvalue weighted by Gasteiger charge is -2.00. The van der Waals surface area contributed by atoms with Crippen molar-refractivity contribution in [2.45, 2.75) is 13.5 Å². The Morgan fingerprint density at radius 3 is 2.75 bits per heavy atom. The number of nitrogens with one attached hydrogen (secondary N) is 1. The fourth-order valence-electron chi connectivity index (χ4n) is 0.780. The molecular weight excluding hydrogens is 239 g/mol. The molecule has 12 heavy (non-hydrogen) atoms. The molecule has 1 aromatic heterocycles. The van der Waals surface area contributed by atoms with Crippen molar-refractivity contribution in [3.8, 4) is 0 Å². The van der Waals surface area contributed by atoms with Gasteiger partial charge in [-0.1, -0.05) is 13.0 Å². The number of pyridine rings is 1. The first-order valence-corrected chi connectivity index (χ1v) is 4.43. The first kappa shape index (κ1) is 11.9. The molecule has 0 radical (unpaired) electrons. The molecule has 0 aliphatic carbocycles. The second-order valence-corrected chi connectivity index (χ2v) is 3.08. The Bertz CT molecular complexity index is 213. The molecule has 0 unspecified atom stereocenters. The molecule has 0 spiro atoms. The SMILES string of the molecule is CCNCc1ccc(Br)nc1.Cl. The molecule has 0 aromatic carbocycles. The van der Waals surface area contributed by atoms with Gasteiger partial charge in [0.2, 0.25) is 0 Å². The molecule has 0 aliphatic heterocycles. The van der Waals surface area contributed by atoms with E-state index in [1.54, 1.807) is 0 Å². The Balaban J connectivity index is 0.00000121. The highest BCUT2D eigenvalue weighted by molar-refractivity contribution is 9.10. The molecule has 1 N–H and O–H groups in total. The highest BCUT2D eigenvalue weighted by Gasteiger charge is 1.90. The van der Waals surface area contributed by atoms with Crippen LogP contribution in [0.3, 0.4) is 0 Å². The number of hydrogen-bond acceptors (Lipinski definition) is 2. The third kappa shape index (κ3) is 4.04. The van der Waals surface area contributed by atoms with Gasteiger partial charge >= 0.3 is 0 Å². The normalized spacial score (nSPS) is 9.17. The van der Waals surface area contributed by atoms with E-state index in [0.717, 1.165) is 17.7 Å². The van der Waals surface area contributed by atoms with E-state index in [0.29, 0.717) is 0 Å². The zero-order chi connectivity index (χ0) is 8.10. The Kier molecular flexibility index (Phi) is 6.34. The average molecular weight is 252 g/mol. The minimum absolute atomic E-state index is 0. The fraction of sp³-hybridized carbons (Fsp3) is 0.375. The van der Waals surface area contributed by atoms with E-state index in [1.807, 2.05) is 12.3 Å². The molecule has 0 fully saturated rings. The molecule has 1 aromatic rings. The highest BCUT2D eigenvalue weighted by atomic mass is 79.9. The molecule has 0 bridgehead atoms. The van der Waals surface area contributed by atoms with Gasteiger partial charge in [-0.3, -0.25) is 0 Å². The second-order valence-electron chi connectivity index (χ2n) is 2.27. The number of rotatable bonds is 3. The molecule has 0 saturated carbocycles. The van der Waals surface area contributed by atoms with Gasteiger partial charge in [-0.15, -0.1) is 12.4 Å². The summed E-state index contributed by atoms with van der Waals surface area (Å²) in [4.78, 5) is 4.11. The van der Waals surface area contributed by atoms with E-state index < -0.39 is 0 Å². The van der Waals surface area contributed by atoms with Gasteiger partial charge in [-0.2, -0.15) is 0 Å². The number of nitrogens with zero attached hydrogens (tertiary/aromatic N) is 1. The summed E-state index contributed by atoms with van der Waals surface area (Å²) in [5.41, 5.74) is 1.22. The lowest BCUT2D eigenvalue weighted by Crippen LogP contribution is -2.11. The van der Waals surface area contributed by atoms with Crippen molar-refractivity contribution in [3.05, 3.63) is 28.5 Å². The van der Waals surface area contributed by atoms with Crippen molar-refractivity contribution in [2.75, 3.05) is 6.54 Å². The van der Waals surface area contributed by atoms with Crippen LogP contribution in [0.1, 0.15) is 12.5 Å². The van der Waals surface area contributed by atoms with Crippen molar-refractivity contribution < 1.29 is 0 Å². The summed E-state index contributed by atoms with van der Waals surface area (Å²) >= 11 is 3.28. The fourth-order valence-corrected chi connectivity index (χ4v) is 1.01. The maximum Gasteiger partial charge on any atom is 0.106 e. The van der Waals surface area contributed by atoms with Gasteiger partial charge < -0.3 is 5.32 Å². The van der Waals surface area contributed by atoms with E-state index in [2.05, 4.69) is 39.2 Å². The summed E-state index contributed by atoms with van der Waals surface area (Å²) in [5.74, 6) is 0. The molecule has 0 atom stereocenters. The largest absolute Gasteiger partial charge is 0.313 e. The minimum Gasteiger partial charge on any atom is -0.313 e. The Morgan fingerprint density at radius 2 is 2.25 bits per heavy atom. The molecule has 4 heteroatoms. The topological polar surface area (TPSA) is 24.9 Å². The molecule has 0 amide bonds. The third-order valence-electron chi connectivity index (χ3n) is 1.37. The predicted molar refractivity (Wildman–Crippen MR) is 56.6 cm³/mol. The molecule has 68 valence electrons. The summed E-state index contributed by atoms with van der Waals surface area (Å²) < 4.78 is 0.887. The second kappa shape index (κ2) is 6.40. The quantitative estimate of drug-likeness (QED) is 0.835. The lowest BCUT2D eigenvalue weighted by molar-refractivity contribution is 0.724. The number of hydrogen-bond donors (Lipinski definition) is 1. The van der Waals surface area contributed by atoms with Crippen molar-refractivity contribution >= 4 is 28.3 Å². The molecule has 0 aliphatic rings. The summed E-state index contributed by atoms with van der Waals surface area (Å²) in [6.07, 6.45) is 1.87. The van der Waals surface area contributed by atoms with Gasteiger partial charge in [0.25, 0.3) is 0 Å². The predicted octanol–water partition coefficient (Wildman–Crippen LogP) is 2.38. The van der Waals surface area contributed by atoms with E-state index in [9.17, 15) is 0 Å². The monoisotopic (exact) mass is 250 g/mol. The van der Waals surface area contributed by atoms with Gasteiger partial charge in [-0.05, 0) is 34.1 Å². The third-order valence-corrected chi connectivity index (χ3v) is 1.84. The zero-order valence-electron chi connectivity index (χ0n) is 6.88. The Morgan fingerprint density at radius 1 is 1.50 bits per heavy atom. The minimum atomic E-state index is 0. The maximum atomic E-state index is 4.11. The number of halogens is 2. The van der Waals surface area contributed by atoms with Crippen molar-refractivity contribution in [1.29, 1.82) is 0 Å². The summed E-state index contributed by atoms with van der Waals surface area (Å²) in [6.45, 7) is 3.99. The van der Waals surface area contributed by atoms with Crippen LogP contribution in [0.15, 0.2) is 22.9 Å². The first-order valence-electron chi connectivity index (χ1n) is 3.64. The van der Waals surface area contributed by atoms with E-state index in [4.69, 9.17) is 0 Å². The summed E-state index contributed by atoms with van der Waals surface area (Å²) in [5, 5.41) is 3.23. The van der Waals surface area contributed by atoms with Crippen LogP contribution >= 0.6 is 28.3 Å². The van der Waals surface area contributed by atoms with Crippen LogP contribution < -0.4 is 5.32 Å². The van der Waals surface area contributed by atoms with Crippen LogP contribution in [0, 0.1) is 0 Å². The summed E-state index contributed by atoms with van der Waals surface area (Å²) in [7, 11) is 0. The van der Waals surface area contributed by atoms with Gasteiger partial charge in [0.15, 0.2) is 0 Å². The van der Waals surface area contributed by atoms with Crippen LogP contribution in [-0.2, 0) is 6.54 Å². The van der Waals surface area contributed by atoms with E-state index in [-0.39, 0.29) is 12.4 Å². The van der Waals surface area contributed by atoms with Crippen LogP contribution in [0.2, 0.25) is 0 Å². The summed E-state index contributed by atoms with van der Waals surface area (Å²) in [6, 6.07) is 4.01. The average Bonchev–Trinajstić information content (AvgIpc) is 2.04. The van der Waals surface area contributed by atoms with E-state index in [1.165, 1.54) is 5.56 Å². The van der Waals surface area contributed by atoms with Crippen molar-refractivity contribution in [1.82, 2.24) is 10.3 Å². The lowest BCUT2D eigenvalue weighted by atomic mass is 10.3. The van der Waals surface area contributed by atoms with Crippen LogP contribution in [0.5, 0.6) is 0 Å². The van der Waals surface area contributed by atoms with Crippen LogP contribution in [-0.4, -0.2) is 11.5 Å². The van der Waals surface area contributed by atoms with Crippen LogP contribution in [0.4, 0.5) is 0 Å². The first-order chi connectivity index (χ1) is 5.33. The zero-order valence-corrected chi connectivity index (χ0v) is 9.28. The molecule has 1 heterocycles. The van der Waals surface area contributed by atoms with Gasteiger partial charge in [0, 0.05) is 12.7 Å². The van der Waals surface area contributed by atoms with Crippen LogP contribution in [0.25, 0.3) is 0 Å². The van der Waals surface area contributed by atoms with E-state index >= 15 is 0 Å². The molecule has 1 rings (SSSR count). The van der Waals surface area contributed by atoms with Crippen molar-refractivity contribution in [3.63, 3.8) is 0 Å². The number of aromatic nitrogens is 1. The smallest absolute Gasteiger partial charge is 0.106 e. The Labute approximate surface area is 87.3 Å².